The summed E-state index contributed by atoms with van der Waals surface area (Å²) in [5, 5.41) is 11.9. The minimum absolute atomic E-state index is 0. The molecule has 0 aliphatic carbocycles. The van der Waals surface area contributed by atoms with E-state index in [1.54, 1.807) is 0 Å². The summed E-state index contributed by atoms with van der Waals surface area (Å²) in [6.45, 7) is 1.34. The van der Waals surface area contributed by atoms with E-state index in [0.29, 0.717) is 18.7 Å². The Morgan fingerprint density at radius 3 is 2.38 bits per heavy atom. The summed E-state index contributed by atoms with van der Waals surface area (Å²) in [6, 6.07) is 15.7. The first-order valence-corrected chi connectivity index (χ1v) is 7.70. The highest BCUT2D eigenvalue weighted by molar-refractivity contribution is 6.03. The maximum absolute atomic E-state index is 8.67. The number of fused-ring (bicyclic) bond motifs is 2. The maximum Gasteiger partial charge on any atom is 0.128 e. The lowest BCUT2D eigenvalue weighted by Crippen LogP contribution is -2.20. The van der Waals surface area contributed by atoms with Gasteiger partial charge in [0.1, 0.15) is 11.5 Å². The van der Waals surface area contributed by atoms with Gasteiger partial charge in [0.25, 0.3) is 0 Å². The van der Waals surface area contributed by atoms with Crippen molar-refractivity contribution >= 4 is 18.1 Å². The average Bonchev–Trinajstić information content (AvgIpc) is 2.62. The number of hydrogen-bond donors (Lipinski definition) is 2. The molecule has 5 nitrogen and oxygen atoms in total. The summed E-state index contributed by atoms with van der Waals surface area (Å²) in [6.07, 6.45) is 1.60. The molecular weight excluding hydrogens is 328 g/mol. The highest BCUT2D eigenvalue weighted by atomic mass is 35.5. The fourth-order valence-corrected chi connectivity index (χ4v) is 2.70. The van der Waals surface area contributed by atoms with Gasteiger partial charge >= 0.3 is 0 Å². The van der Waals surface area contributed by atoms with Crippen molar-refractivity contribution in [2.24, 2.45) is 10.9 Å². The first-order chi connectivity index (χ1) is 11.3. The SMILES string of the molecule is Cl.NC1CCOc2ccccc21.ON=C1CCOc2ccccc21. The number of nitrogens with zero attached hydrogens (tertiary/aromatic N) is 1. The Morgan fingerprint density at radius 2 is 1.62 bits per heavy atom. The third-order valence-corrected chi connectivity index (χ3v) is 3.92. The predicted molar refractivity (Wildman–Crippen MR) is 95.6 cm³/mol. The largest absolute Gasteiger partial charge is 0.493 e. The zero-order valence-electron chi connectivity index (χ0n) is 13.2. The summed E-state index contributed by atoms with van der Waals surface area (Å²) in [5.41, 5.74) is 8.60. The summed E-state index contributed by atoms with van der Waals surface area (Å²) in [7, 11) is 0. The molecule has 0 aromatic heterocycles. The van der Waals surface area contributed by atoms with Crippen LogP contribution in [-0.4, -0.2) is 24.1 Å². The molecule has 4 rings (SSSR count). The Bertz CT molecular complexity index is 706. The Morgan fingerprint density at radius 1 is 0.958 bits per heavy atom. The normalized spacial score (nSPS) is 19.4. The van der Waals surface area contributed by atoms with Crippen LogP contribution in [0.5, 0.6) is 11.5 Å². The number of benzene rings is 2. The monoisotopic (exact) mass is 348 g/mol. The fraction of sp³-hybridized carbons (Fsp3) is 0.278. The molecule has 2 aliphatic rings. The molecule has 0 spiro atoms. The van der Waals surface area contributed by atoms with Gasteiger partial charge in [-0.05, 0) is 18.2 Å². The molecule has 6 heteroatoms. The second-order valence-electron chi connectivity index (χ2n) is 5.42. The van der Waals surface area contributed by atoms with Gasteiger partial charge in [0.05, 0.1) is 18.9 Å². The van der Waals surface area contributed by atoms with Gasteiger partial charge in [-0.15, -0.1) is 12.4 Å². The van der Waals surface area contributed by atoms with Gasteiger partial charge in [0.15, 0.2) is 0 Å². The second kappa shape index (κ2) is 8.57. The topological polar surface area (TPSA) is 77.1 Å². The highest BCUT2D eigenvalue weighted by Gasteiger charge is 2.16. The van der Waals surface area contributed by atoms with Crippen LogP contribution in [0.25, 0.3) is 0 Å². The number of ether oxygens (including phenoxy) is 2. The lowest BCUT2D eigenvalue weighted by Gasteiger charge is -2.22. The molecule has 3 N–H and O–H groups in total. The molecule has 1 unspecified atom stereocenters. The average molecular weight is 349 g/mol. The molecule has 2 aliphatic heterocycles. The Hall–Kier alpha value is -2.24. The third kappa shape index (κ3) is 3.99. The number of nitrogens with two attached hydrogens (primary N) is 1. The number of halogens is 1. The minimum Gasteiger partial charge on any atom is -0.493 e. The summed E-state index contributed by atoms with van der Waals surface area (Å²) in [5.74, 6) is 1.75. The Balaban J connectivity index is 0.000000167. The van der Waals surface area contributed by atoms with E-state index >= 15 is 0 Å². The number of hydrogen-bond acceptors (Lipinski definition) is 5. The van der Waals surface area contributed by atoms with Gasteiger partial charge < -0.3 is 20.4 Å². The Kier molecular flexibility index (Phi) is 6.46. The number of para-hydroxylation sites is 2. The van der Waals surface area contributed by atoms with Crippen molar-refractivity contribution in [1.29, 1.82) is 0 Å². The van der Waals surface area contributed by atoms with Crippen LogP contribution in [0.4, 0.5) is 0 Å². The summed E-state index contributed by atoms with van der Waals surface area (Å²) in [4.78, 5) is 0. The number of oxime groups is 1. The smallest absolute Gasteiger partial charge is 0.128 e. The Labute approximate surface area is 147 Å². The van der Waals surface area contributed by atoms with E-state index in [1.165, 1.54) is 0 Å². The lowest BCUT2D eigenvalue weighted by molar-refractivity contribution is 0.269. The van der Waals surface area contributed by atoms with Crippen LogP contribution < -0.4 is 15.2 Å². The van der Waals surface area contributed by atoms with Gasteiger partial charge in [-0.25, -0.2) is 0 Å². The molecule has 128 valence electrons. The van der Waals surface area contributed by atoms with E-state index in [2.05, 4.69) is 5.16 Å². The standard InChI is InChI=1S/C9H9NO2.C9H11NO.ClH/c11-10-8-5-6-12-9-4-2-1-3-7(8)9;10-8-5-6-11-9-4-2-1-3-7(8)9;/h1-4,11H,5-6H2;1-4,8H,5-6,10H2;1H. The third-order valence-electron chi connectivity index (χ3n) is 3.92. The van der Waals surface area contributed by atoms with E-state index in [1.807, 2.05) is 48.5 Å². The molecule has 0 saturated carbocycles. The molecule has 0 radical (unpaired) electrons. The number of rotatable bonds is 0. The van der Waals surface area contributed by atoms with Crippen LogP contribution in [0.15, 0.2) is 53.7 Å². The zero-order valence-corrected chi connectivity index (χ0v) is 14.0. The van der Waals surface area contributed by atoms with Crippen LogP contribution in [0.1, 0.15) is 30.0 Å². The molecule has 0 amide bonds. The van der Waals surface area contributed by atoms with E-state index < -0.39 is 0 Å². The summed E-state index contributed by atoms with van der Waals surface area (Å²) < 4.78 is 10.8. The van der Waals surface area contributed by atoms with Gasteiger partial charge in [0.2, 0.25) is 0 Å². The van der Waals surface area contributed by atoms with Crippen LogP contribution in [0.3, 0.4) is 0 Å². The summed E-state index contributed by atoms with van der Waals surface area (Å²) >= 11 is 0. The second-order valence-corrected chi connectivity index (χ2v) is 5.42. The first-order valence-electron chi connectivity index (χ1n) is 7.70. The van der Waals surface area contributed by atoms with E-state index in [0.717, 1.165) is 35.7 Å². The molecule has 0 fully saturated rings. The van der Waals surface area contributed by atoms with Crippen LogP contribution in [0, 0.1) is 0 Å². The zero-order chi connectivity index (χ0) is 16.1. The molecule has 0 saturated heterocycles. The minimum atomic E-state index is 0. The fourth-order valence-electron chi connectivity index (χ4n) is 2.70. The van der Waals surface area contributed by atoms with Crippen molar-refractivity contribution in [3.05, 3.63) is 59.7 Å². The van der Waals surface area contributed by atoms with Crippen LogP contribution in [0.2, 0.25) is 0 Å². The van der Waals surface area contributed by atoms with Gasteiger partial charge in [-0.2, -0.15) is 0 Å². The molecule has 2 aromatic rings. The molecule has 24 heavy (non-hydrogen) atoms. The van der Waals surface area contributed by atoms with Gasteiger partial charge in [-0.3, -0.25) is 0 Å². The van der Waals surface area contributed by atoms with Crippen molar-refractivity contribution in [2.75, 3.05) is 13.2 Å². The highest BCUT2D eigenvalue weighted by Crippen LogP contribution is 2.29. The lowest BCUT2D eigenvalue weighted by atomic mass is 10.0. The first kappa shape index (κ1) is 18.1. The molecule has 1 atom stereocenters. The van der Waals surface area contributed by atoms with Crippen molar-refractivity contribution < 1.29 is 14.7 Å². The molecule has 2 heterocycles. The predicted octanol–water partition coefficient (Wildman–Crippen LogP) is 3.54. The van der Waals surface area contributed by atoms with E-state index in [-0.39, 0.29) is 18.4 Å². The van der Waals surface area contributed by atoms with Crippen molar-refractivity contribution in [3.63, 3.8) is 0 Å². The molecule has 2 aromatic carbocycles. The molecule has 0 bridgehead atoms. The van der Waals surface area contributed by atoms with Crippen LogP contribution in [-0.2, 0) is 0 Å². The van der Waals surface area contributed by atoms with Gasteiger partial charge in [-0.1, -0.05) is 35.5 Å². The van der Waals surface area contributed by atoms with Crippen LogP contribution >= 0.6 is 12.4 Å². The molecular formula is C18H21ClN2O3. The quantitative estimate of drug-likeness (QED) is 0.564. The van der Waals surface area contributed by atoms with Crippen molar-refractivity contribution in [2.45, 2.75) is 18.9 Å². The van der Waals surface area contributed by atoms with E-state index in [4.69, 9.17) is 20.4 Å². The van der Waals surface area contributed by atoms with Crippen molar-refractivity contribution in [1.82, 2.24) is 0 Å². The maximum atomic E-state index is 8.67. The van der Waals surface area contributed by atoms with Crippen molar-refractivity contribution in [3.8, 4) is 11.5 Å². The van der Waals surface area contributed by atoms with Gasteiger partial charge in [0, 0.05) is 30.0 Å². The van der Waals surface area contributed by atoms with E-state index in [9.17, 15) is 0 Å².